The van der Waals surface area contributed by atoms with Crippen molar-refractivity contribution in [2.24, 2.45) is 4.99 Å². The number of benzene rings is 2. The van der Waals surface area contributed by atoms with Gasteiger partial charge in [-0.15, -0.1) is 0 Å². The van der Waals surface area contributed by atoms with Crippen LogP contribution in [0.4, 0.5) is 11.4 Å². The van der Waals surface area contributed by atoms with Gasteiger partial charge in [0.15, 0.2) is 5.78 Å². The van der Waals surface area contributed by atoms with Crippen LogP contribution >= 0.6 is 0 Å². The van der Waals surface area contributed by atoms with Gasteiger partial charge in [0.1, 0.15) is 5.75 Å². The second kappa shape index (κ2) is 7.97. The molecule has 3 rings (SSSR count). The van der Waals surface area contributed by atoms with Gasteiger partial charge in [0.2, 0.25) is 0 Å². The third-order valence-corrected chi connectivity index (χ3v) is 4.56. The molecule has 0 N–H and O–H groups in total. The van der Waals surface area contributed by atoms with Crippen molar-refractivity contribution in [3.05, 3.63) is 53.6 Å². The van der Waals surface area contributed by atoms with E-state index in [0.29, 0.717) is 5.56 Å². The number of nitrogens with zero attached hydrogens (tertiary/aromatic N) is 2. The Morgan fingerprint density at radius 1 is 1.08 bits per heavy atom. The molecule has 0 bridgehead atoms. The van der Waals surface area contributed by atoms with E-state index in [1.807, 2.05) is 18.3 Å². The van der Waals surface area contributed by atoms with E-state index in [-0.39, 0.29) is 5.78 Å². The highest BCUT2D eigenvalue weighted by atomic mass is 16.5. The first kappa shape index (κ1) is 17.2. The number of carbonyl (C=O) groups excluding carboxylic acids is 1. The average molecular weight is 336 g/mol. The minimum atomic E-state index is 0.0606. The van der Waals surface area contributed by atoms with Crippen molar-refractivity contribution in [2.45, 2.75) is 26.2 Å². The van der Waals surface area contributed by atoms with E-state index in [2.05, 4.69) is 28.1 Å². The molecule has 1 heterocycles. The largest absolute Gasteiger partial charge is 0.496 e. The van der Waals surface area contributed by atoms with Crippen molar-refractivity contribution >= 4 is 23.4 Å². The first-order chi connectivity index (χ1) is 12.2. The van der Waals surface area contributed by atoms with Gasteiger partial charge >= 0.3 is 0 Å². The van der Waals surface area contributed by atoms with Gasteiger partial charge in [-0.3, -0.25) is 9.79 Å². The number of hydrogen-bond acceptors (Lipinski definition) is 4. The van der Waals surface area contributed by atoms with Crippen LogP contribution in [0.2, 0.25) is 0 Å². The van der Waals surface area contributed by atoms with Gasteiger partial charge in [0.25, 0.3) is 0 Å². The number of methoxy groups -OCH3 is 1. The van der Waals surface area contributed by atoms with Gasteiger partial charge in [-0.1, -0.05) is 0 Å². The molecule has 1 saturated heterocycles. The highest BCUT2D eigenvalue weighted by Gasteiger charge is 2.12. The fraction of sp³-hybridized carbons (Fsp3) is 0.333. The molecule has 0 amide bonds. The summed E-state index contributed by atoms with van der Waals surface area (Å²) in [6.07, 6.45) is 5.63. The van der Waals surface area contributed by atoms with Crippen LogP contribution in [0.1, 0.15) is 42.1 Å². The van der Waals surface area contributed by atoms with Gasteiger partial charge in [0.05, 0.1) is 12.8 Å². The van der Waals surface area contributed by atoms with Gasteiger partial charge in [0, 0.05) is 42.2 Å². The van der Waals surface area contributed by atoms with E-state index < -0.39 is 0 Å². The molecule has 1 aliphatic rings. The molecule has 2 aromatic carbocycles. The quantitative estimate of drug-likeness (QED) is 0.590. The molecule has 130 valence electrons. The molecule has 2 aromatic rings. The Balaban J connectivity index is 1.78. The lowest BCUT2D eigenvalue weighted by molar-refractivity contribution is 0.101. The molecular formula is C21H24N2O2. The van der Waals surface area contributed by atoms with Crippen LogP contribution < -0.4 is 9.64 Å². The van der Waals surface area contributed by atoms with Crippen LogP contribution in [0.3, 0.4) is 0 Å². The molecule has 4 nitrogen and oxygen atoms in total. The Morgan fingerprint density at radius 3 is 2.44 bits per heavy atom. The number of carbonyl (C=O) groups is 1. The van der Waals surface area contributed by atoms with Crippen LogP contribution in [-0.2, 0) is 0 Å². The molecule has 0 spiro atoms. The predicted octanol–water partition coefficient (Wildman–Crippen LogP) is 4.64. The van der Waals surface area contributed by atoms with Crippen LogP contribution in [-0.4, -0.2) is 32.2 Å². The summed E-state index contributed by atoms with van der Waals surface area (Å²) in [7, 11) is 1.69. The number of ketones is 1. The van der Waals surface area contributed by atoms with E-state index in [9.17, 15) is 4.79 Å². The highest BCUT2D eigenvalue weighted by molar-refractivity contribution is 5.94. The van der Waals surface area contributed by atoms with E-state index >= 15 is 0 Å². The lowest BCUT2D eigenvalue weighted by Gasteiger charge is -2.29. The molecule has 4 heteroatoms. The third-order valence-electron chi connectivity index (χ3n) is 4.56. The maximum Gasteiger partial charge on any atom is 0.159 e. The molecule has 0 saturated carbocycles. The van der Waals surface area contributed by atoms with Crippen molar-refractivity contribution in [1.29, 1.82) is 0 Å². The maximum absolute atomic E-state index is 11.3. The predicted molar refractivity (Wildman–Crippen MR) is 103 cm³/mol. The number of aliphatic imine (C=N–C) groups is 1. The summed E-state index contributed by atoms with van der Waals surface area (Å²) in [4.78, 5) is 18.2. The highest BCUT2D eigenvalue weighted by Crippen LogP contribution is 2.27. The molecule has 0 aliphatic carbocycles. The minimum Gasteiger partial charge on any atom is -0.496 e. The zero-order chi connectivity index (χ0) is 17.6. The Morgan fingerprint density at radius 2 is 1.80 bits per heavy atom. The monoisotopic (exact) mass is 336 g/mol. The second-order valence-corrected chi connectivity index (χ2v) is 6.34. The van der Waals surface area contributed by atoms with Crippen LogP contribution in [0.15, 0.2) is 47.5 Å². The number of rotatable bonds is 5. The fourth-order valence-corrected chi connectivity index (χ4v) is 3.08. The number of hydrogen-bond donors (Lipinski definition) is 0. The molecule has 0 radical (unpaired) electrons. The molecule has 0 aromatic heterocycles. The summed E-state index contributed by atoms with van der Waals surface area (Å²) in [6.45, 7) is 3.78. The SMILES string of the molecule is COc1cc(N2CCCCC2)ccc1C=Nc1ccc(C(C)=O)cc1. The van der Waals surface area contributed by atoms with Crippen molar-refractivity contribution in [2.75, 3.05) is 25.1 Å². The molecular weight excluding hydrogens is 312 g/mol. The number of ether oxygens (including phenoxy) is 1. The first-order valence-electron chi connectivity index (χ1n) is 8.75. The standard InChI is InChI=1S/C21H24N2O2/c1-16(24)17-6-9-19(10-7-17)22-15-18-8-11-20(14-21(18)25-2)23-12-4-3-5-13-23/h6-11,14-15H,3-5,12-13H2,1-2H3. The van der Waals surface area contributed by atoms with Crippen LogP contribution in [0, 0.1) is 0 Å². The summed E-state index contributed by atoms with van der Waals surface area (Å²) in [5.41, 5.74) is 3.66. The Labute approximate surface area is 149 Å². The molecule has 0 unspecified atom stereocenters. The van der Waals surface area contributed by atoms with Crippen LogP contribution in [0.5, 0.6) is 5.75 Å². The lowest BCUT2D eigenvalue weighted by Crippen LogP contribution is -2.29. The third kappa shape index (κ3) is 4.27. The molecule has 1 aliphatic heterocycles. The summed E-state index contributed by atoms with van der Waals surface area (Å²) in [6, 6.07) is 13.6. The Bertz CT molecular complexity index is 760. The first-order valence-corrected chi connectivity index (χ1v) is 8.75. The molecule has 25 heavy (non-hydrogen) atoms. The Kier molecular flexibility index (Phi) is 5.49. The fourth-order valence-electron chi connectivity index (χ4n) is 3.08. The van der Waals surface area contributed by atoms with Crippen molar-refractivity contribution in [3.63, 3.8) is 0 Å². The zero-order valence-corrected chi connectivity index (χ0v) is 14.9. The maximum atomic E-state index is 11.3. The summed E-state index contributed by atoms with van der Waals surface area (Å²) in [5.74, 6) is 0.887. The summed E-state index contributed by atoms with van der Waals surface area (Å²) >= 11 is 0. The van der Waals surface area contributed by atoms with E-state index in [0.717, 1.165) is 30.1 Å². The van der Waals surface area contributed by atoms with Gasteiger partial charge in [-0.05, 0) is 62.6 Å². The van der Waals surface area contributed by atoms with Crippen molar-refractivity contribution in [1.82, 2.24) is 0 Å². The van der Waals surface area contributed by atoms with Gasteiger partial charge < -0.3 is 9.64 Å². The summed E-state index contributed by atoms with van der Waals surface area (Å²) < 4.78 is 5.55. The van der Waals surface area contributed by atoms with Gasteiger partial charge in [-0.25, -0.2) is 0 Å². The normalized spacial score (nSPS) is 14.7. The molecule has 0 atom stereocenters. The average Bonchev–Trinajstić information content (AvgIpc) is 2.67. The topological polar surface area (TPSA) is 41.9 Å². The van der Waals surface area contributed by atoms with Crippen molar-refractivity contribution < 1.29 is 9.53 Å². The number of anilines is 1. The summed E-state index contributed by atoms with van der Waals surface area (Å²) in [5, 5.41) is 0. The minimum absolute atomic E-state index is 0.0606. The van der Waals surface area contributed by atoms with Gasteiger partial charge in [-0.2, -0.15) is 0 Å². The number of piperidine rings is 1. The van der Waals surface area contributed by atoms with E-state index in [1.54, 1.807) is 26.2 Å². The van der Waals surface area contributed by atoms with Crippen LogP contribution in [0.25, 0.3) is 0 Å². The number of Topliss-reactive ketones (excluding diaryl/α,β-unsaturated/α-hetero) is 1. The lowest BCUT2D eigenvalue weighted by atomic mass is 10.1. The smallest absolute Gasteiger partial charge is 0.159 e. The van der Waals surface area contributed by atoms with Crippen molar-refractivity contribution in [3.8, 4) is 5.75 Å². The molecule has 1 fully saturated rings. The zero-order valence-electron chi connectivity index (χ0n) is 14.9. The Hall–Kier alpha value is -2.62. The van der Waals surface area contributed by atoms with E-state index in [1.165, 1.54) is 24.9 Å². The second-order valence-electron chi connectivity index (χ2n) is 6.34. The van der Waals surface area contributed by atoms with E-state index in [4.69, 9.17) is 4.74 Å².